The Bertz CT molecular complexity index is 1030. The maximum Gasteiger partial charge on any atom is 0.229 e. The van der Waals surface area contributed by atoms with Gasteiger partial charge in [-0.1, -0.05) is 0 Å². The van der Waals surface area contributed by atoms with Crippen LogP contribution in [0.4, 0.5) is 10.1 Å². The fourth-order valence-electron chi connectivity index (χ4n) is 3.80. The number of nitrogens with zero attached hydrogens (tertiary/aromatic N) is 4. The molecule has 0 aliphatic carbocycles. The zero-order chi connectivity index (χ0) is 19.8. The number of anilines is 1. The molecular formula is C20H24ClFN6O. The van der Waals surface area contributed by atoms with E-state index >= 15 is 0 Å². The van der Waals surface area contributed by atoms with Crippen molar-refractivity contribution in [1.29, 1.82) is 0 Å². The van der Waals surface area contributed by atoms with Gasteiger partial charge in [-0.2, -0.15) is 10.2 Å². The molecule has 2 aromatic heterocycles. The van der Waals surface area contributed by atoms with Crippen molar-refractivity contribution in [2.24, 2.45) is 13.0 Å². The zero-order valence-corrected chi connectivity index (χ0v) is 17.3. The average molecular weight is 419 g/mol. The van der Waals surface area contributed by atoms with E-state index in [0.29, 0.717) is 17.9 Å². The van der Waals surface area contributed by atoms with Gasteiger partial charge in [0, 0.05) is 43.6 Å². The van der Waals surface area contributed by atoms with Gasteiger partial charge in [0.2, 0.25) is 5.91 Å². The first-order chi connectivity index (χ1) is 13.4. The van der Waals surface area contributed by atoms with Gasteiger partial charge in [-0.15, -0.1) is 12.4 Å². The number of halogens is 2. The van der Waals surface area contributed by atoms with Crippen LogP contribution in [-0.2, 0) is 11.8 Å². The van der Waals surface area contributed by atoms with Gasteiger partial charge >= 0.3 is 0 Å². The highest BCUT2D eigenvalue weighted by atomic mass is 35.5. The summed E-state index contributed by atoms with van der Waals surface area (Å²) in [6.45, 7) is 5.04. The first-order valence-corrected chi connectivity index (χ1v) is 9.25. The SMILES string of the molecule is Cc1cc(C)n(-c2ccc(NC(=O)[C@H]3CNC[C@@H]3c3cnn(C)c3)cc2F)n1.Cl. The second-order valence-corrected chi connectivity index (χ2v) is 7.31. The lowest BCUT2D eigenvalue weighted by Crippen LogP contribution is -2.28. The summed E-state index contributed by atoms with van der Waals surface area (Å²) in [6.07, 6.45) is 3.72. The van der Waals surface area contributed by atoms with E-state index in [4.69, 9.17) is 0 Å². The van der Waals surface area contributed by atoms with Crippen molar-refractivity contribution in [2.45, 2.75) is 19.8 Å². The Morgan fingerprint density at radius 1 is 1.28 bits per heavy atom. The van der Waals surface area contributed by atoms with E-state index in [1.54, 1.807) is 27.7 Å². The van der Waals surface area contributed by atoms with Crippen LogP contribution in [0.1, 0.15) is 22.9 Å². The van der Waals surface area contributed by atoms with Crippen LogP contribution in [0.15, 0.2) is 36.7 Å². The third-order valence-corrected chi connectivity index (χ3v) is 5.16. The maximum absolute atomic E-state index is 14.7. The number of aryl methyl sites for hydroxylation is 3. The summed E-state index contributed by atoms with van der Waals surface area (Å²) < 4.78 is 18.0. The molecule has 1 amide bonds. The summed E-state index contributed by atoms with van der Waals surface area (Å²) in [6, 6.07) is 6.57. The fourth-order valence-corrected chi connectivity index (χ4v) is 3.80. The number of nitrogens with one attached hydrogen (secondary N) is 2. The summed E-state index contributed by atoms with van der Waals surface area (Å²) in [5.74, 6) is -0.745. The molecule has 0 spiro atoms. The predicted octanol–water partition coefficient (Wildman–Crippen LogP) is 2.73. The lowest BCUT2D eigenvalue weighted by atomic mass is 9.90. The second kappa shape index (κ2) is 8.34. The highest BCUT2D eigenvalue weighted by molar-refractivity contribution is 5.93. The summed E-state index contributed by atoms with van der Waals surface area (Å²) in [5, 5.41) is 14.6. The van der Waals surface area contributed by atoms with Gasteiger partial charge in [0.1, 0.15) is 5.69 Å². The first kappa shape index (κ1) is 21.0. The lowest BCUT2D eigenvalue weighted by Gasteiger charge is -2.17. The molecule has 0 saturated carbocycles. The Morgan fingerprint density at radius 2 is 2.07 bits per heavy atom. The van der Waals surface area contributed by atoms with Crippen LogP contribution in [0.25, 0.3) is 5.69 Å². The van der Waals surface area contributed by atoms with E-state index in [0.717, 1.165) is 23.5 Å². The van der Waals surface area contributed by atoms with Crippen LogP contribution in [0.3, 0.4) is 0 Å². The van der Waals surface area contributed by atoms with Gasteiger partial charge < -0.3 is 10.6 Å². The summed E-state index contributed by atoms with van der Waals surface area (Å²) in [7, 11) is 1.86. The topological polar surface area (TPSA) is 76.8 Å². The molecule has 3 heterocycles. The van der Waals surface area contributed by atoms with Gasteiger partial charge in [-0.25, -0.2) is 9.07 Å². The minimum atomic E-state index is -0.433. The zero-order valence-electron chi connectivity index (χ0n) is 16.5. The van der Waals surface area contributed by atoms with E-state index in [1.807, 2.05) is 33.2 Å². The molecule has 1 aromatic carbocycles. The van der Waals surface area contributed by atoms with Crippen LogP contribution in [0.5, 0.6) is 0 Å². The molecule has 1 aliphatic rings. The average Bonchev–Trinajstić information content (AvgIpc) is 3.35. The number of benzene rings is 1. The molecule has 29 heavy (non-hydrogen) atoms. The summed E-state index contributed by atoms with van der Waals surface area (Å²) in [5.41, 5.74) is 3.50. The molecule has 9 heteroatoms. The second-order valence-electron chi connectivity index (χ2n) is 7.31. The molecular weight excluding hydrogens is 395 g/mol. The molecule has 3 aromatic rings. The van der Waals surface area contributed by atoms with Crippen molar-refractivity contribution in [3.63, 3.8) is 0 Å². The number of rotatable bonds is 4. The number of amides is 1. The molecule has 2 N–H and O–H groups in total. The Morgan fingerprint density at radius 3 is 2.69 bits per heavy atom. The van der Waals surface area contributed by atoms with E-state index < -0.39 is 5.82 Å². The van der Waals surface area contributed by atoms with Gasteiger partial charge in [-0.05, 0) is 43.7 Å². The molecule has 4 rings (SSSR count). The molecule has 154 valence electrons. The van der Waals surface area contributed by atoms with Crippen LogP contribution >= 0.6 is 12.4 Å². The molecule has 7 nitrogen and oxygen atoms in total. The van der Waals surface area contributed by atoms with E-state index in [1.165, 1.54) is 6.07 Å². The monoisotopic (exact) mass is 418 g/mol. The standard InChI is InChI=1S/C20H23FN6O.ClH/c1-12-6-13(2)27(25-12)19-5-4-15(7-18(19)21)24-20(28)17-10-22-9-16(17)14-8-23-26(3)11-14;/h4-8,11,16-17,22H,9-10H2,1-3H3,(H,24,28);1H/t16-,17+;/m1./s1. The highest BCUT2D eigenvalue weighted by Gasteiger charge is 2.34. The minimum absolute atomic E-state index is 0. The van der Waals surface area contributed by atoms with Crippen molar-refractivity contribution < 1.29 is 9.18 Å². The van der Waals surface area contributed by atoms with Gasteiger partial charge in [0.25, 0.3) is 0 Å². The molecule has 2 atom stereocenters. The van der Waals surface area contributed by atoms with Crippen LogP contribution in [-0.4, -0.2) is 38.6 Å². The largest absolute Gasteiger partial charge is 0.326 e. The lowest BCUT2D eigenvalue weighted by molar-refractivity contribution is -0.119. The van der Waals surface area contributed by atoms with E-state index in [2.05, 4.69) is 20.8 Å². The molecule has 0 bridgehead atoms. The number of carbonyl (C=O) groups is 1. The molecule has 1 saturated heterocycles. The fraction of sp³-hybridized carbons (Fsp3) is 0.350. The summed E-state index contributed by atoms with van der Waals surface area (Å²) in [4.78, 5) is 12.8. The third-order valence-electron chi connectivity index (χ3n) is 5.16. The van der Waals surface area contributed by atoms with Crippen LogP contribution in [0, 0.1) is 25.6 Å². The van der Waals surface area contributed by atoms with Crippen molar-refractivity contribution in [3.8, 4) is 5.69 Å². The van der Waals surface area contributed by atoms with Crippen molar-refractivity contribution in [1.82, 2.24) is 24.9 Å². The predicted molar refractivity (Wildman–Crippen MR) is 111 cm³/mol. The Kier molecular flexibility index (Phi) is 6.04. The number of hydrogen-bond acceptors (Lipinski definition) is 4. The maximum atomic E-state index is 14.7. The smallest absolute Gasteiger partial charge is 0.229 e. The molecule has 0 unspecified atom stereocenters. The number of carbonyl (C=O) groups excluding carboxylic acids is 1. The Balaban J connectivity index is 0.00000240. The Labute approximate surface area is 174 Å². The summed E-state index contributed by atoms with van der Waals surface area (Å²) >= 11 is 0. The molecule has 0 radical (unpaired) electrons. The molecule has 1 fully saturated rings. The van der Waals surface area contributed by atoms with Crippen molar-refractivity contribution in [3.05, 3.63) is 59.4 Å². The van der Waals surface area contributed by atoms with Crippen molar-refractivity contribution >= 4 is 24.0 Å². The van der Waals surface area contributed by atoms with Crippen LogP contribution in [0.2, 0.25) is 0 Å². The third kappa shape index (κ3) is 4.18. The van der Waals surface area contributed by atoms with Gasteiger partial charge in [0.15, 0.2) is 5.82 Å². The van der Waals surface area contributed by atoms with E-state index in [-0.39, 0.29) is 30.2 Å². The number of aromatic nitrogens is 4. The Hall–Kier alpha value is -2.71. The minimum Gasteiger partial charge on any atom is -0.326 e. The van der Waals surface area contributed by atoms with Gasteiger partial charge in [0.05, 0.1) is 17.8 Å². The quantitative estimate of drug-likeness (QED) is 0.683. The highest BCUT2D eigenvalue weighted by Crippen LogP contribution is 2.29. The first-order valence-electron chi connectivity index (χ1n) is 9.25. The van der Waals surface area contributed by atoms with Gasteiger partial charge in [-0.3, -0.25) is 9.48 Å². The van der Waals surface area contributed by atoms with E-state index in [9.17, 15) is 9.18 Å². The molecule has 1 aliphatic heterocycles. The number of hydrogen-bond donors (Lipinski definition) is 2. The van der Waals surface area contributed by atoms with Crippen molar-refractivity contribution in [2.75, 3.05) is 18.4 Å². The normalized spacial score (nSPS) is 18.5. The van der Waals surface area contributed by atoms with Crippen LogP contribution < -0.4 is 10.6 Å².